The van der Waals surface area contributed by atoms with Crippen LogP contribution in [-0.4, -0.2) is 31.4 Å². The summed E-state index contributed by atoms with van der Waals surface area (Å²) in [6.45, 7) is 1.93. The van der Waals surface area contributed by atoms with E-state index in [0.717, 1.165) is 12.1 Å². The van der Waals surface area contributed by atoms with Crippen molar-refractivity contribution in [2.75, 3.05) is 0 Å². The zero-order valence-corrected chi connectivity index (χ0v) is 24.3. The Morgan fingerprint density at radius 1 is 1.19 bits per heavy atom. The number of aliphatic hydroxyl groups is 1. The molecule has 1 amide bonds. The lowest BCUT2D eigenvalue weighted by atomic mass is 9.73. The summed E-state index contributed by atoms with van der Waals surface area (Å²) in [5, 5.41) is 15.9. The van der Waals surface area contributed by atoms with Crippen molar-refractivity contribution in [3.8, 4) is 11.8 Å². The van der Waals surface area contributed by atoms with Gasteiger partial charge in [-0.25, -0.2) is 13.8 Å². The number of hydrogen-bond donors (Lipinski definition) is 2. The molecule has 0 unspecified atom stereocenters. The fourth-order valence-electron chi connectivity index (χ4n) is 5.50. The van der Waals surface area contributed by atoms with Crippen LogP contribution in [0.15, 0.2) is 34.8 Å². The van der Waals surface area contributed by atoms with Gasteiger partial charge in [0.2, 0.25) is 5.91 Å². The SMILES string of the molecule is CC(C)(O)C#Cc1ccc(Br)c([C@H](Cc2cc(F)cc(F)c2)NC(=O)Cn2nc(C(F)(F)F)c3c2C(F)(F)[C@@H]2CC[C@H]32)n1. The molecule has 0 spiro atoms. The van der Waals surface area contributed by atoms with E-state index in [4.69, 9.17) is 0 Å². The summed E-state index contributed by atoms with van der Waals surface area (Å²) in [5.74, 6) is -3.39. The number of carbonyl (C=O) groups excluding carboxylic acids is 1. The number of benzene rings is 1. The van der Waals surface area contributed by atoms with Crippen LogP contribution in [0, 0.1) is 29.4 Å². The minimum absolute atomic E-state index is 0.0501. The lowest BCUT2D eigenvalue weighted by molar-refractivity contribution is -0.144. The first kappa shape index (κ1) is 31.0. The number of hydrogen-bond acceptors (Lipinski definition) is 4. The largest absolute Gasteiger partial charge is 0.435 e. The summed E-state index contributed by atoms with van der Waals surface area (Å²) < 4.78 is 101. The number of carbonyl (C=O) groups is 1. The third-order valence-electron chi connectivity index (χ3n) is 7.37. The van der Waals surface area contributed by atoms with Crippen LogP contribution in [0.2, 0.25) is 0 Å². The van der Waals surface area contributed by atoms with Gasteiger partial charge in [0.25, 0.3) is 5.92 Å². The van der Waals surface area contributed by atoms with Crippen molar-refractivity contribution in [1.29, 1.82) is 0 Å². The highest BCUT2D eigenvalue weighted by Crippen LogP contribution is 2.63. The van der Waals surface area contributed by atoms with Crippen LogP contribution < -0.4 is 5.32 Å². The molecule has 2 aliphatic carbocycles. The average Bonchev–Trinajstić information content (AvgIpc) is 3.27. The van der Waals surface area contributed by atoms with Gasteiger partial charge < -0.3 is 10.4 Å². The van der Waals surface area contributed by atoms with E-state index >= 15 is 8.78 Å². The van der Waals surface area contributed by atoms with Crippen LogP contribution in [0.5, 0.6) is 0 Å². The van der Waals surface area contributed by atoms with Gasteiger partial charge in [0.15, 0.2) is 5.69 Å². The molecule has 5 rings (SSSR count). The van der Waals surface area contributed by atoms with Crippen molar-refractivity contribution < 1.29 is 40.6 Å². The lowest BCUT2D eigenvalue weighted by Gasteiger charge is -2.34. The van der Waals surface area contributed by atoms with Crippen LogP contribution in [-0.2, 0) is 29.9 Å². The summed E-state index contributed by atoms with van der Waals surface area (Å²) in [6, 6.07) is 4.61. The second kappa shape index (κ2) is 10.9. The molecule has 0 bridgehead atoms. The predicted molar refractivity (Wildman–Crippen MR) is 143 cm³/mol. The minimum Gasteiger partial charge on any atom is -0.378 e. The number of pyridine rings is 1. The minimum atomic E-state index is -5.00. The van der Waals surface area contributed by atoms with Gasteiger partial charge in [-0.15, -0.1) is 0 Å². The Hall–Kier alpha value is -3.44. The first-order valence-corrected chi connectivity index (χ1v) is 14.0. The molecule has 2 N–H and O–H groups in total. The molecule has 0 radical (unpaired) electrons. The molecule has 2 aromatic heterocycles. The Morgan fingerprint density at radius 2 is 1.86 bits per heavy atom. The third-order valence-corrected chi connectivity index (χ3v) is 8.05. The molecule has 3 aromatic rings. The van der Waals surface area contributed by atoms with Crippen molar-refractivity contribution >= 4 is 21.8 Å². The fraction of sp³-hybridized carbons (Fsp3) is 0.414. The maximum absolute atomic E-state index is 15.2. The van der Waals surface area contributed by atoms with E-state index in [9.17, 15) is 31.9 Å². The number of nitrogens with zero attached hydrogens (tertiary/aromatic N) is 3. The van der Waals surface area contributed by atoms with Gasteiger partial charge >= 0.3 is 6.18 Å². The van der Waals surface area contributed by atoms with Crippen LogP contribution in [0.25, 0.3) is 0 Å². The molecule has 0 saturated heterocycles. The van der Waals surface area contributed by atoms with Crippen molar-refractivity contribution in [2.45, 2.75) is 69.3 Å². The van der Waals surface area contributed by atoms with Crippen molar-refractivity contribution in [2.24, 2.45) is 5.92 Å². The first-order valence-electron chi connectivity index (χ1n) is 13.2. The van der Waals surface area contributed by atoms with E-state index < -0.39 is 76.6 Å². The van der Waals surface area contributed by atoms with E-state index in [1.165, 1.54) is 26.0 Å². The second-order valence-corrected chi connectivity index (χ2v) is 12.0. The fourth-order valence-corrected chi connectivity index (χ4v) is 6.00. The van der Waals surface area contributed by atoms with E-state index in [0.29, 0.717) is 15.2 Å². The zero-order valence-electron chi connectivity index (χ0n) is 22.7. The normalized spacial score (nSPS) is 19.5. The Kier molecular flexibility index (Phi) is 7.88. The summed E-state index contributed by atoms with van der Waals surface area (Å²) >= 11 is 3.32. The highest BCUT2D eigenvalue weighted by atomic mass is 79.9. The Bertz CT molecular complexity index is 1630. The highest BCUT2D eigenvalue weighted by molar-refractivity contribution is 9.10. The summed E-state index contributed by atoms with van der Waals surface area (Å²) in [4.78, 5) is 17.7. The van der Waals surface area contributed by atoms with Gasteiger partial charge in [-0.3, -0.25) is 9.48 Å². The van der Waals surface area contributed by atoms with Crippen LogP contribution in [0.4, 0.5) is 30.7 Å². The standard InChI is InChI=1S/C29H24BrF7N4O2/c1-27(2,43)8-7-17-3-6-20(30)24(38-17)21(11-14-9-15(31)12-16(32)10-14)39-22(42)13-41-26-23(25(40-41)29(35,36)37)18-4-5-19(18)28(26,33)34/h3,6,9-10,12,18-19,21,43H,4-5,11,13H2,1-2H3,(H,39,42)/t18-,19+,21-/m0/s1. The average molecular weight is 673 g/mol. The molecule has 2 aliphatic rings. The van der Waals surface area contributed by atoms with E-state index in [1.807, 2.05) is 0 Å². The zero-order chi connectivity index (χ0) is 31.5. The molecule has 228 valence electrons. The maximum Gasteiger partial charge on any atom is 0.435 e. The van der Waals surface area contributed by atoms with Crippen molar-refractivity contribution in [3.05, 3.63) is 80.3 Å². The highest BCUT2D eigenvalue weighted by Gasteiger charge is 2.63. The number of aromatic nitrogens is 3. The molecule has 1 fully saturated rings. The van der Waals surface area contributed by atoms with Crippen LogP contribution in [0.1, 0.15) is 72.6 Å². The van der Waals surface area contributed by atoms with Gasteiger partial charge in [-0.2, -0.15) is 27.1 Å². The number of halogens is 8. The molecular formula is C29H24BrF7N4O2. The van der Waals surface area contributed by atoms with Gasteiger partial charge in [0.1, 0.15) is 35.2 Å². The number of nitrogens with one attached hydrogen (secondary N) is 1. The maximum atomic E-state index is 15.2. The summed E-state index contributed by atoms with van der Waals surface area (Å²) in [7, 11) is 0. The van der Waals surface area contributed by atoms with Gasteiger partial charge in [-0.05, 0) is 90.7 Å². The van der Waals surface area contributed by atoms with Gasteiger partial charge in [-0.1, -0.05) is 5.92 Å². The van der Waals surface area contributed by atoms with E-state index in [2.05, 4.69) is 43.2 Å². The molecule has 2 heterocycles. The van der Waals surface area contributed by atoms with Crippen molar-refractivity contribution in [3.63, 3.8) is 0 Å². The predicted octanol–water partition coefficient (Wildman–Crippen LogP) is 6.16. The second-order valence-electron chi connectivity index (χ2n) is 11.2. The van der Waals surface area contributed by atoms with Gasteiger partial charge in [0.05, 0.1) is 11.7 Å². The number of fused-ring (bicyclic) bond motifs is 3. The number of amides is 1. The molecule has 0 aliphatic heterocycles. The topological polar surface area (TPSA) is 80.0 Å². The molecule has 1 aromatic carbocycles. The molecule has 14 heteroatoms. The summed E-state index contributed by atoms with van der Waals surface area (Å²) in [6.07, 6.45) is -5.03. The van der Waals surface area contributed by atoms with Crippen LogP contribution in [0.3, 0.4) is 0 Å². The number of rotatable bonds is 6. The van der Waals surface area contributed by atoms with Crippen molar-refractivity contribution in [1.82, 2.24) is 20.1 Å². The quantitative estimate of drug-likeness (QED) is 0.243. The third kappa shape index (κ3) is 6.28. The molecule has 1 saturated carbocycles. The Balaban J connectivity index is 1.50. The van der Waals surface area contributed by atoms with E-state index in [-0.39, 0.29) is 36.2 Å². The molecule has 3 atom stereocenters. The first-order chi connectivity index (χ1) is 19.9. The van der Waals surface area contributed by atoms with Crippen LogP contribution >= 0.6 is 15.9 Å². The number of alkyl halides is 5. The lowest BCUT2D eigenvalue weighted by Crippen LogP contribution is -2.36. The Labute approximate surface area is 249 Å². The molecule has 43 heavy (non-hydrogen) atoms. The Morgan fingerprint density at radius 3 is 2.44 bits per heavy atom. The van der Waals surface area contributed by atoms with E-state index in [1.54, 1.807) is 0 Å². The smallest absolute Gasteiger partial charge is 0.378 e. The molecular weight excluding hydrogens is 649 g/mol. The molecule has 6 nitrogen and oxygen atoms in total. The summed E-state index contributed by atoms with van der Waals surface area (Å²) in [5.41, 5.74) is -3.89. The monoisotopic (exact) mass is 672 g/mol. The van der Waals surface area contributed by atoms with Gasteiger partial charge in [0, 0.05) is 22.0 Å².